The number of hydrogen-bond donors (Lipinski definition) is 2. The van der Waals surface area contributed by atoms with Crippen molar-refractivity contribution in [3.63, 3.8) is 0 Å². The normalized spacial score (nSPS) is 13.3. The third-order valence-electron chi connectivity index (χ3n) is 2.68. The molecule has 0 bridgehead atoms. The molecule has 108 valence electrons. The number of nitrogens with one attached hydrogen (secondary N) is 1. The number of sulfonamides is 1. The summed E-state index contributed by atoms with van der Waals surface area (Å²) in [6, 6.07) is 11.8. The van der Waals surface area contributed by atoms with Crippen LogP contribution in [0.3, 0.4) is 0 Å². The highest BCUT2D eigenvalue weighted by molar-refractivity contribution is 7.91. The number of aliphatic hydroxyl groups is 1. The Kier molecular flexibility index (Phi) is 5.17. The van der Waals surface area contributed by atoms with Crippen LogP contribution in [0.1, 0.15) is 5.56 Å². The number of rotatable bonds is 6. The fourth-order valence-corrected chi connectivity index (χ4v) is 4.49. The molecule has 1 heterocycles. The average molecular weight is 332 g/mol. The summed E-state index contributed by atoms with van der Waals surface area (Å²) >= 11 is 6.73. The molecule has 2 aromatic rings. The van der Waals surface area contributed by atoms with Crippen LogP contribution < -0.4 is 4.72 Å². The molecule has 0 saturated carbocycles. The van der Waals surface area contributed by atoms with Gasteiger partial charge in [0.2, 0.25) is 10.0 Å². The summed E-state index contributed by atoms with van der Waals surface area (Å²) in [5.74, 6) is 0. The zero-order valence-corrected chi connectivity index (χ0v) is 12.9. The Morgan fingerprint density at radius 3 is 2.45 bits per heavy atom. The standard InChI is InChI=1S/C13H14ClNO3S2/c14-12-6-7-13(19-12)20(17,18)15-11(9-16)8-10-4-2-1-3-5-10/h1-7,11,15-16H,8-9H2/t11-/m0/s1. The largest absolute Gasteiger partial charge is 0.395 e. The molecule has 0 fully saturated rings. The van der Waals surface area contributed by atoms with Gasteiger partial charge in [0.25, 0.3) is 0 Å². The summed E-state index contributed by atoms with van der Waals surface area (Å²) in [6.45, 7) is -0.271. The van der Waals surface area contributed by atoms with Crippen molar-refractivity contribution < 1.29 is 13.5 Å². The van der Waals surface area contributed by atoms with Crippen LogP contribution in [0, 0.1) is 0 Å². The maximum Gasteiger partial charge on any atom is 0.250 e. The number of benzene rings is 1. The molecule has 0 spiro atoms. The van der Waals surface area contributed by atoms with E-state index >= 15 is 0 Å². The zero-order valence-electron chi connectivity index (χ0n) is 10.5. The molecule has 0 radical (unpaired) electrons. The van der Waals surface area contributed by atoms with Gasteiger partial charge in [-0.2, -0.15) is 0 Å². The number of hydrogen-bond acceptors (Lipinski definition) is 4. The predicted octanol–water partition coefficient (Wildman–Crippen LogP) is 2.28. The topological polar surface area (TPSA) is 66.4 Å². The van der Waals surface area contributed by atoms with Crippen molar-refractivity contribution in [2.24, 2.45) is 0 Å². The summed E-state index contributed by atoms with van der Waals surface area (Å²) in [7, 11) is -3.65. The molecule has 1 aromatic carbocycles. The van der Waals surface area contributed by atoms with Crippen LogP contribution in [0.15, 0.2) is 46.7 Å². The number of thiophene rings is 1. The van der Waals surface area contributed by atoms with Crippen LogP contribution in [-0.2, 0) is 16.4 Å². The second-order valence-electron chi connectivity index (χ2n) is 4.25. The van der Waals surface area contributed by atoms with E-state index < -0.39 is 16.1 Å². The molecule has 0 saturated heterocycles. The summed E-state index contributed by atoms with van der Waals surface area (Å²) < 4.78 is 27.3. The monoisotopic (exact) mass is 331 g/mol. The molecular formula is C13H14ClNO3S2. The molecular weight excluding hydrogens is 318 g/mol. The highest BCUT2D eigenvalue weighted by Crippen LogP contribution is 2.25. The molecule has 7 heteroatoms. The smallest absolute Gasteiger partial charge is 0.250 e. The maximum absolute atomic E-state index is 12.1. The van der Waals surface area contributed by atoms with Gasteiger partial charge in [-0.05, 0) is 24.1 Å². The highest BCUT2D eigenvalue weighted by Gasteiger charge is 2.21. The molecule has 1 atom stereocenters. The van der Waals surface area contributed by atoms with E-state index in [2.05, 4.69) is 4.72 Å². The van der Waals surface area contributed by atoms with Crippen LogP contribution in [0.4, 0.5) is 0 Å². The molecule has 0 aliphatic heterocycles. The van der Waals surface area contributed by atoms with Crippen molar-refractivity contribution in [2.75, 3.05) is 6.61 Å². The first-order valence-electron chi connectivity index (χ1n) is 5.94. The van der Waals surface area contributed by atoms with E-state index in [0.717, 1.165) is 16.9 Å². The van der Waals surface area contributed by atoms with Gasteiger partial charge in [0.15, 0.2) is 0 Å². The van der Waals surface area contributed by atoms with E-state index in [-0.39, 0.29) is 10.8 Å². The molecule has 0 amide bonds. The van der Waals surface area contributed by atoms with Gasteiger partial charge >= 0.3 is 0 Å². The Bertz CT molecular complexity index is 655. The van der Waals surface area contributed by atoms with Gasteiger partial charge in [-0.1, -0.05) is 41.9 Å². The lowest BCUT2D eigenvalue weighted by Gasteiger charge is -2.15. The molecule has 0 unspecified atom stereocenters. The Morgan fingerprint density at radius 2 is 1.90 bits per heavy atom. The van der Waals surface area contributed by atoms with Crippen LogP contribution in [0.25, 0.3) is 0 Å². The van der Waals surface area contributed by atoms with E-state index in [1.165, 1.54) is 12.1 Å². The Hall–Kier alpha value is -0.920. The van der Waals surface area contributed by atoms with Crippen LogP contribution >= 0.6 is 22.9 Å². The maximum atomic E-state index is 12.1. The van der Waals surface area contributed by atoms with Crippen molar-refractivity contribution >= 4 is 33.0 Å². The van der Waals surface area contributed by atoms with Gasteiger partial charge in [0.05, 0.1) is 10.9 Å². The zero-order chi connectivity index (χ0) is 14.6. The first kappa shape index (κ1) is 15.5. The average Bonchev–Trinajstić information content (AvgIpc) is 2.86. The van der Waals surface area contributed by atoms with Crippen molar-refractivity contribution in [2.45, 2.75) is 16.7 Å². The van der Waals surface area contributed by atoms with Crippen molar-refractivity contribution in [3.05, 3.63) is 52.4 Å². The molecule has 1 aromatic heterocycles. The molecule has 2 rings (SSSR count). The van der Waals surface area contributed by atoms with Gasteiger partial charge in [0, 0.05) is 6.04 Å². The minimum Gasteiger partial charge on any atom is -0.395 e. The number of halogens is 1. The van der Waals surface area contributed by atoms with Gasteiger partial charge < -0.3 is 5.11 Å². The summed E-state index contributed by atoms with van der Waals surface area (Å²) in [5.41, 5.74) is 0.957. The van der Waals surface area contributed by atoms with E-state index in [1.807, 2.05) is 30.3 Å². The Morgan fingerprint density at radius 1 is 1.20 bits per heavy atom. The van der Waals surface area contributed by atoms with Crippen molar-refractivity contribution in [3.8, 4) is 0 Å². The fourth-order valence-electron chi connectivity index (χ4n) is 1.76. The first-order valence-corrected chi connectivity index (χ1v) is 8.61. The quantitative estimate of drug-likeness (QED) is 0.853. The minimum absolute atomic E-state index is 0.147. The molecule has 4 nitrogen and oxygen atoms in total. The van der Waals surface area contributed by atoms with E-state index in [1.54, 1.807) is 0 Å². The van der Waals surface area contributed by atoms with Crippen LogP contribution in [-0.4, -0.2) is 26.2 Å². The van der Waals surface area contributed by atoms with Crippen LogP contribution in [0.5, 0.6) is 0 Å². The lowest BCUT2D eigenvalue weighted by Crippen LogP contribution is -2.38. The van der Waals surface area contributed by atoms with E-state index in [9.17, 15) is 13.5 Å². The van der Waals surface area contributed by atoms with Crippen LogP contribution in [0.2, 0.25) is 4.34 Å². The second kappa shape index (κ2) is 6.69. The molecule has 20 heavy (non-hydrogen) atoms. The summed E-state index contributed by atoms with van der Waals surface area (Å²) in [6.07, 6.45) is 0.426. The summed E-state index contributed by atoms with van der Waals surface area (Å²) in [5, 5.41) is 9.35. The van der Waals surface area contributed by atoms with Gasteiger partial charge in [-0.3, -0.25) is 0 Å². The van der Waals surface area contributed by atoms with Crippen molar-refractivity contribution in [1.82, 2.24) is 4.72 Å². The van der Waals surface area contributed by atoms with Gasteiger partial charge in [-0.15, -0.1) is 11.3 Å². The van der Waals surface area contributed by atoms with Gasteiger partial charge in [0.1, 0.15) is 4.21 Å². The van der Waals surface area contributed by atoms with Gasteiger partial charge in [-0.25, -0.2) is 13.1 Å². The lowest BCUT2D eigenvalue weighted by molar-refractivity contribution is 0.256. The first-order chi connectivity index (χ1) is 9.51. The van der Waals surface area contributed by atoms with E-state index in [0.29, 0.717) is 10.8 Å². The lowest BCUT2D eigenvalue weighted by atomic mass is 10.1. The molecule has 0 aliphatic carbocycles. The Balaban J connectivity index is 2.10. The third kappa shape index (κ3) is 4.04. The number of aliphatic hydroxyl groups excluding tert-OH is 1. The van der Waals surface area contributed by atoms with Crippen molar-refractivity contribution in [1.29, 1.82) is 0 Å². The Labute approximate surface area is 127 Å². The SMILES string of the molecule is O=S(=O)(N[C@H](CO)Cc1ccccc1)c1ccc(Cl)s1. The van der Waals surface area contributed by atoms with E-state index in [4.69, 9.17) is 11.6 Å². The molecule has 2 N–H and O–H groups in total. The second-order valence-corrected chi connectivity index (χ2v) is 7.90. The fraction of sp³-hybridized carbons (Fsp3) is 0.231. The molecule has 0 aliphatic rings. The third-order valence-corrected chi connectivity index (χ3v) is 5.92. The predicted molar refractivity (Wildman–Crippen MR) is 80.7 cm³/mol. The minimum atomic E-state index is -3.65. The summed E-state index contributed by atoms with van der Waals surface area (Å²) in [4.78, 5) is 0. The highest BCUT2D eigenvalue weighted by atomic mass is 35.5.